The number of hydrogen-bond donors (Lipinski definition) is 1. The molecule has 3 nitrogen and oxygen atoms in total. The van der Waals surface area contributed by atoms with Crippen molar-refractivity contribution < 1.29 is 4.74 Å². The monoisotopic (exact) mass is 262 g/mol. The van der Waals surface area contributed by atoms with E-state index in [1.807, 2.05) is 7.11 Å². The Hall–Kier alpha value is -1.06. The van der Waals surface area contributed by atoms with Crippen LogP contribution in [0.25, 0.3) is 0 Å². The van der Waals surface area contributed by atoms with Crippen LogP contribution in [0, 0.1) is 0 Å². The Balaban J connectivity index is 2.20. The molecular weight excluding hydrogens is 236 g/mol. The molecule has 1 aromatic rings. The fourth-order valence-electron chi connectivity index (χ4n) is 2.93. The van der Waals surface area contributed by atoms with Crippen LogP contribution in [0.15, 0.2) is 24.3 Å². The molecule has 0 saturated carbocycles. The van der Waals surface area contributed by atoms with Crippen molar-refractivity contribution in [3.05, 3.63) is 29.8 Å². The van der Waals surface area contributed by atoms with Gasteiger partial charge in [0, 0.05) is 31.9 Å². The summed E-state index contributed by atoms with van der Waals surface area (Å²) in [7, 11) is 1.81. The summed E-state index contributed by atoms with van der Waals surface area (Å²) in [4.78, 5) is 2.46. The third-order valence-electron chi connectivity index (χ3n) is 3.99. The number of rotatable bonds is 6. The largest absolute Gasteiger partial charge is 0.380 e. The molecule has 1 heterocycles. The summed E-state index contributed by atoms with van der Waals surface area (Å²) in [6.07, 6.45) is 2.63. The molecule has 0 amide bonds. The summed E-state index contributed by atoms with van der Waals surface area (Å²) >= 11 is 0. The van der Waals surface area contributed by atoms with Crippen LogP contribution in [0.5, 0.6) is 0 Å². The zero-order valence-electron chi connectivity index (χ0n) is 12.4. The molecule has 1 fully saturated rings. The summed E-state index contributed by atoms with van der Waals surface area (Å²) < 4.78 is 5.48. The van der Waals surface area contributed by atoms with Crippen LogP contribution >= 0.6 is 0 Å². The van der Waals surface area contributed by atoms with E-state index in [4.69, 9.17) is 4.74 Å². The zero-order chi connectivity index (χ0) is 13.7. The molecule has 106 valence electrons. The molecule has 1 saturated heterocycles. The first-order valence-electron chi connectivity index (χ1n) is 7.40. The summed E-state index contributed by atoms with van der Waals surface area (Å²) in [5.41, 5.74) is 2.79. The van der Waals surface area contributed by atoms with Crippen LogP contribution < -0.4 is 10.2 Å². The van der Waals surface area contributed by atoms with Gasteiger partial charge in [-0.05, 0) is 31.0 Å². The van der Waals surface area contributed by atoms with E-state index in [1.54, 1.807) is 0 Å². The van der Waals surface area contributed by atoms with Crippen molar-refractivity contribution in [1.29, 1.82) is 0 Å². The van der Waals surface area contributed by atoms with Crippen molar-refractivity contribution in [2.45, 2.75) is 38.8 Å². The molecule has 2 atom stereocenters. The second kappa shape index (κ2) is 6.92. The molecule has 1 N–H and O–H groups in total. The lowest BCUT2D eigenvalue weighted by Gasteiger charge is -2.26. The van der Waals surface area contributed by atoms with Crippen LogP contribution in [-0.2, 0) is 4.74 Å². The lowest BCUT2D eigenvalue weighted by Crippen LogP contribution is -2.27. The Morgan fingerprint density at radius 3 is 2.79 bits per heavy atom. The average molecular weight is 262 g/mol. The molecule has 0 bridgehead atoms. The van der Waals surface area contributed by atoms with Gasteiger partial charge in [-0.15, -0.1) is 0 Å². The van der Waals surface area contributed by atoms with E-state index >= 15 is 0 Å². The van der Waals surface area contributed by atoms with E-state index in [2.05, 4.69) is 48.3 Å². The quantitative estimate of drug-likeness (QED) is 0.853. The van der Waals surface area contributed by atoms with E-state index in [0.29, 0.717) is 12.1 Å². The number of ether oxygens (including phenoxy) is 1. The van der Waals surface area contributed by atoms with Gasteiger partial charge in [0.25, 0.3) is 0 Å². The Morgan fingerprint density at radius 1 is 1.37 bits per heavy atom. The maximum atomic E-state index is 5.48. The molecule has 1 aromatic carbocycles. The van der Waals surface area contributed by atoms with E-state index in [9.17, 15) is 0 Å². The number of methoxy groups -OCH3 is 1. The first kappa shape index (κ1) is 14.4. The van der Waals surface area contributed by atoms with Crippen LogP contribution in [-0.4, -0.2) is 32.8 Å². The first-order valence-corrected chi connectivity index (χ1v) is 7.40. The molecular formula is C16H26N2O. The molecule has 2 rings (SSSR count). The van der Waals surface area contributed by atoms with Gasteiger partial charge < -0.3 is 15.0 Å². The molecule has 2 unspecified atom stereocenters. The molecule has 19 heavy (non-hydrogen) atoms. The van der Waals surface area contributed by atoms with Crippen LogP contribution in [0.3, 0.4) is 0 Å². The van der Waals surface area contributed by atoms with E-state index in [0.717, 1.165) is 32.5 Å². The van der Waals surface area contributed by atoms with Gasteiger partial charge in [-0.25, -0.2) is 0 Å². The molecule has 0 aliphatic carbocycles. The highest BCUT2D eigenvalue weighted by Crippen LogP contribution is 2.30. The van der Waals surface area contributed by atoms with Gasteiger partial charge in [-0.3, -0.25) is 0 Å². The smallest absolute Gasteiger partial charge is 0.0762 e. The molecule has 0 aromatic heterocycles. The summed E-state index contributed by atoms with van der Waals surface area (Å²) in [5.74, 6) is 0. The van der Waals surface area contributed by atoms with Gasteiger partial charge in [-0.1, -0.05) is 32.0 Å². The average Bonchev–Trinajstić information content (AvgIpc) is 2.93. The second-order valence-corrected chi connectivity index (χ2v) is 5.17. The molecule has 3 heteroatoms. The van der Waals surface area contributed by atoms with Crippen molar-refractivity contribution in [2.75, 3.05) is 31.6 Å². The lowest BCUT2D eigenvalue weighted by atomic mass is 10.0. The minimum Gasteiger partial charge on any atom is -0.380 e. The third-order valence-corrected chi connectivity index (χ3v) is 3.99. The summed E-state index contributed by atoms with van der Waals surface area (Å²) in [6.45, 7) is 7.52. The van der Waals surface area contributed by atoms with Gasteiger partial charge in [-0.2, -0.15) is 0 Å². The number of para-hydroxylation sites is 1. The number of nitrogens with zero attached hydrogens (tertiary/aromatic N) is 1. The van der Waals surface area contributed by atoms with Crippen LogP contribution in [0.4, 0.5) is 5.69 Å². The highest BCUT2D eigenvalue weighted by Gasteiger charge is 2.25. The Labute approximate surface area is 116 Å². The predicted octanol–water partition coefficient (Wildman–Crippen LogP) is 2.97. The standard InChI is InChI=1S/C16H26N2O/c1-4-15(17-5-2)14-8-6-7-9-16(14)18-11-10-13(12-18)19-3/h6-9,13,15,17H,4-5,10-12H2,1-3H3. The fourth-order valence-corrected chi connectivity index (χ4v) is 2.93. The maximum absolute atomic E-state index is 5.48. The maximum Gasteiger partial charge on any atom is 0.0762 e. The third kappa shape index (κ3) is 3.28. The van der Waals surface area contributed by atoms with Gasteiger partial charge in [0.1, 0.15) is 0 Å². The Kier molecular flexibility index (Phi) is 5.23. The van der Waals surface area contributed by atoms with Gasteiger partial charge in [0.2, 0.25) is 0 Å². The highest BCUT2D eigenvalue weighted by molar-refractivity contribution is 5.56. The van der Waals surface area contributed by atoms with Crippen molar-refractivity contribution >= 4 is 5.69 Å². The molecule has 0 radical (unpaired) electrons. The predicted molar refractivity (Wildman–Crippen MR) is 80.8 cm³/mol. The molecule has 1 aliphatic rings. The number of nitrogens with one attached hydrogen (secondary N) is 1. The van der Waals surface area contributed by atoms with Gasteiger partial charge in [0.15, 0.2) is 0 Å². The first-order chi connectivity index (χ1) is 9.30. The van der Waals surface area contributed by atoms with Crippen molar-refractivity contribution in [2.24, 2.45) is 0 Å². The van der Waals surface area contributed by atoms with E-state index in [1.165, 1.54) is 11.3 Å². The number of hydrogen-bond acceptors (Lipinski definition) is 3. The second-order valence-electron chi connectivity index (χ2n) is 5.17. The zero-order valence-corrected chi connectivity index (χ0v) is 12.4. The minimum absolute atomic E-state index is 0.382. The number of benzene rings is 1. The van der Waals surface area contributed by atoms with E-state index < -0.39 is 0 Å². The minimum atomic E-state index is 0.382. The van der Waals surface area contributed by atoms with Gasteiger partial charge in [0.05, 0.1) is 6.10 Å². The fraction of sp³-hybridized carbons (Fsp3) is 0.625. The summed E-state index contributed by atoms with van der Waals surface area (Å²) in [6, 6.07) is 9.22. The topological polar surface area (TPSA) is 24.5 Å². The van der Waals surface area contributed by atoms with Gasteiger partial charge >= 0.3 is 0 Å². The Bertz CT molecular complexity index is 394. The Morgan fingerprint density at radius 2 is 2.16 bits per heavy atom. The lowest BCUT2D eigenvalue weighted by molar-refractivity contribution is 0.121. The van der Waals surface area contributed by atoms with Crippen LogP contribution in [0.2, 0.25) is 0 Å². The van der Waals surface area contributed by atoms with Crippen molar-refractivity contribution in [1.82, 2.24) is 5.32 Å². The SMILES string of the molecule is CCNC(CC)c1ccccc1N1CCC(OC)C1. The summed E-state index contributed by atoms with van der Waals surface area (Å²) in [5, 5.41) is 3.58. The van der Waals surface area contributed by atoms with E-state index in [-0.39, 0.29) is 0 Å². The van der Waals surface area contributed by atoms with Crippen molar-refractivity contribution in [3.8, 4) is 0 Å². The number of anilines is 1. The molecule has 0 spiro atoms. The normalized spacial score (nSPS) is 20.8. The molecule has 1 aliphatic heterocycles. The highest BCUT2D eigenvalue weighted by atomic mass is 16.5. The van der Waals surface area contributed by atoms with Crippen molar-refractivity contribution in [3.63, 3.8) is 0 Å². The van der Waals surface area contributed by atoms with Crippen LogP contribution in [0.1, 0.15) is 38.3 Å².